The molecule has 0 bridgehead atoms. The Labute approximate surface area is 171 Å². The second-order valence-electron chi connectivity index (χ2n) is 9.19. The van der Waals surface area contributed by atoms with Gasteiger partial charge in [0.15, 0.2) is 0 Å². The average molecular weight is 382 g/mol. The molecule has 1 saturated heterocycles. The molecule has 4 heteroatoms. The molecule has 1 heterocycles. The van der Waals surface area contributed by atoms with Crippen LogP contribution >= 0.6 is 0 Å². The van der Waals surface area contributed by atoms with Gasteiger partial charge >= 0.3 is 7.12 Å². The molecule has 0 saturated carbocycles. The molecule has 1 fully saturated rings. The number of rotatable bonds is 6. The average Bonchev–Trinajstić information content (AvgIpc) is 2.84. The highest BCUT2D eigenvalue weighted by Crippen LogP contribution is 2.40. The van der Waals surface area contributed by atoms with Crippen molar-refractivity contribution in [2.45, 2.75) is 84.5 Å². The first-order chi connectivity index (χ1) is 12.9. The SMILES string of the molecule is CCCC[C@@](C)(/C=C/B1OC(C)(C)C(C)(C)O1)[C@](C)(O)C#Cc1ccccc1. The number of aliphatic hydroxyl groups is 1. The van der Waals surface area contributed by atoms with Crippen molar-refractivity contribution in [2.75, 3.05) is 0 Å². The molecule has 0 aliphatic carbocycles. The molecule has 2 rings (SSSR count). The van der Waals surface area contributed by atoms with Gasteiger partial charge in [-0.3, -0.25) is 0 Å². The molecule has 0 unspecified atom stereocenters. The third-order valence-corrected chi connectivity index (χ3v) is 6.28. The number of hydrogen-bond acceptors (Lipinski definition) is 3. The van der Waals surface area contributed by atoms with Gasteiger partial charge in [0.05, 0.1) is 11.2 Å². The molecule has 28 heavy (non-hydrogen) atoms. The minimum absolute atomic E-state index is 0.378. The minimum Gasteiger partial charge on any atom is -0.400 e. The Hall–Kier alpha value is -1.54. The fourth-order valence-electron chi connectivity index (χ4n) is 3.15. The first-order valence-corrected chi connectivity index (χ1v) is 10.3. The van der Waals surface area contributed by atoms with E-state index in [-0.39, 0.29) is 11.2 Å². The van der Waals surface area contributed by atoms with E-state index in [4.69, 9.17) is 9.31 Å². The van der Waals surface area contributed by atoms with Crippen molar-refractivity contribution in [2.24, 2.45) is 5.41 Å². The van der Waals surface area contributed by atoms with Gasteiger partial charge in [0.25, 0.3) is 0 Å². The molecule has 0 radical (unpaired) electrons. The fraction of sp³-hybridized carbons (Fsp3) is 0.583. The number of hydrogen-bond donors (Lipinski definition) is 1. The highest BCUT2D eigenvalue weighted by molar-refractivity contribution is 6.51. The third-order valence-electron chi connectivity index (χ3n) is 6.28. The van der Waals surface area contributed by atoms with Gasteiger partial charge in [-0.05, 0) is 53.2 Å². The molecule has 1 aromatic carbocycles. The topological polar surface area (TPSA) is 38.7 Å². The summed E-state index contributed by atoms with van der Waals surface area (Å²) < 4.78 is 12.2. The summed E-state index contributed by atoms with van der Waals surface area (Å²) in [4.78, 5) is 0. The fourth-order valence-corrected chi connectivity index (χ4v) is 3.15. The lowest BCUT2D eigenvalue weighted by Crippen LogP contribution is -2.42. The monoisotopic (exact) mass is 382 g/mol. The smallest absolute Gasteiger partial charge is 0.400 e. The second-order valence-corrected chi connectivity index (χ2v) is 9.19. The van der Waals surface area contributed by atoms with Crippen LogP contribution in [0.15, 0.2) is 42.4 Å². The van der Waals surface area contributed by atoms with Gasteiger partial charge in [-0.25, -0.2) is 0 Å². The van der Waals surface area contributed by atoms with E-state index >= 15 is 0 Å². The van der Waals surface area contributed by atoms with Gasteiger partial charge in [0, 0.05) is 11.0 Å². The summed E-state index contributed by atoms with van der Waals surface area (Å²) in [5.74, 6) is 8.17. The van der Waals surface area contributed by atoms with E-state index in [0.717, 1.165) is 24.8 Å². The van der Waals surface area contributed by atoms with Crippen LogP contribution in [0.25, 0.3) is 0 Å². The highest BCUT2D eigenvalue weighted by Gasteiger charge is 2.50. The third kappa shape index (κ3) is 5.09. The lowest BCUT2D eigenvalue weighted by atomic mass is 9.69. The molecule has 1 aliphatic rings. The quantitative estimate of drug-likeness (QED) is 0.545. The van der Waals surface area contributed by atoms with Crippen LogP contribution in [-0.4, -0.2) is 29.0 Å². The highest BCUT2D eigenvalue weighted by atomic mass is 16.7. The molecule has 1 N–H and O–H groups in total. The van der Waals surface area contributed by atoms with Crippen molar-refractivity contribution in [3.63, 3.8) is 0 Å². The Bertz CT molecular complexity index is 724. The Morgan fingerprint density at radius 3 is 2.18 bits per heavy atom. The summed E-state index contributed by atoms with van der Waals surface area (Å²) in [6.07, 6.45) is 4.93. The first-order valence-electron chi connectivity index (χ1n) is 10.3. The van der Waals surface area contributed by atoms with Gasteiger partial charge in [0.1, 0.15) is 5.60 Å². The number of unbranched alkanes of at least 4 members (excludes halogenated alkanes) is 1. The number of benzene rings is 1. The largest absolute Gasteiger partial charge is 0.486 e. The first kappa shape index (κ1) is 22.8. The molecule has 0 amide bonds. The van der Waals surface area contributed by atoms with Crippen molar-refractivity contribution in [3.05, 3.63) is 47.9 Å². The van der Waals surface area contributed by atoms with Crippen LogP contribution in [-0.2, 0) is 9.31 Å². The van der Waals surface area contributed by atoms with Crippen LogP contribution in [0.1, 0.15) is 73.3 Å². The van der Waals surface area contributed by atoms with E-state index < -0.39 is 18.1 Å². The Balaban J connectivity index is 2.26. The summed E-state index contributed by atoms with van der Waals surface area (Å²) in [7, 11) is -0.427. The minimum atomic E-state index is -1.18. The van der Waals surface area contributed by atoms with Crippen LogP contribution in [0.4, 0.5) is 0 Å². The van der Waals surface area contributed by atoms with E-state index in [1.807, 2.05) is 70.1 Å². The molecule has 1 aromatic rings. The maximum atomic E-state index is 11.3. The zero-order chi connectivity index (χ0) is 21.1. The molecule has 152 valence electrons. The standard InChI is InChI=1S/C24H35BO3/c1-8-9-16-23(6,18-19-25-27-21(2,3)22(4,5)28-25)24(7,26)17-15-20-13-11-10-12-14-20/h10-14,18-19,26H,8-9,16H2,1-7H3/b19-18+/t23-,24+/m0/s1. The summed E-state index contributed by atoms with van der Waals surface area (Å²) in [6.45, 7) is 14.2. The maximum Gasteiger partial charge on any atom is 0.486 e. The lowest BCUT2D eigenvalue weighted by molar-refractivity contribution is 0.00578. The predicted molar refractivity (Wildman–Crippen MR) is 117 cm³/mol. The van der Waals surface area contributed by atoms with Crippen LogP contribution in [0.3, 0.4) is 0 Å². The molecule has 0 spiro atoms. The second kappa shape index (κ2) is 8.45. The van der Waals surface area contributed by atoms with Crippen molar-refractivity contribution >= 4 is 7.12 Å². The van der Waals surface area contributed by atoms with Gasteiger partial charge < -0.3 is 14.4 Å². The van der Waals surface area contributed by atoms with Crippen molar-refractivity contribution in [1.82, 2.24) is 0 Å². The van der Waals surface area contributed by atoms with Crippen LogP contribution in [0.5, 0.6) is 0 Å². The van der Waals surface area contributed by atoms with Crippen molar-refractivity contribution in [1.29, 1.82) is 0 Å². The predicted octanol–water partition coefficient (Wildman–Crippen LogP) is 5.17. The summed E-state index contributed by atoms with van der Waals surface area (Å²) in [5, 5.41) is 11.3. The van der Waals surface area contributed by atoms with Gasteiger partial charge in [-0.15, -0.1) is 0 Å². The summed E-state index contributed by atoms with van der Waals surface area (Å²) in [6, 6.07) is 9.77. The van der Waals surface area contributed by atoms with Crippen molar-refractivity contribution < 1.29 is 14.4 Å². The van der Waals surface area contributed by atoms with Gasteiger partial charge in [0.2, 0.25) is 0 Å². The van der Waals surface area contributed by atoms with E-state index in [0.29, 0.717) is 0 Å². The molecule has 3 nitrogen and oxygen atoms in total. The van der Waals surface area contributed by atoms with Gasteiger partial charge in [-0.1, -0.05) is 68.8 Å². The van der Waals surface area contributed by atoms with E-state index in [1.165, 1.54) is 0 Å². The van der Waals surface area contributed by atoms with Crippen LogP contribution in [0.2, 0.25) is 0 Å². The van der Waals surface area contributed by atoms with E-state index in [1.54, 1.807) is 6.92 Å². The molecule has 2 atom stereocenters. The van der Waals surface area contributed by atoms with Crippen LogP contribution in [0, 0.1) is 17.3 Å². The Morgan fingerprint density at radius 1 is 1.07 bits per heavy atom. The Morgan fingerprint density at radius 2 is 1.64 bits per heavy atom. The van der Waals surface area contributed by atoms with E-state index in [9.17, 15) is 5.11 Å². The normalized spacial score (nSPS) is 22.4. The maximum absolute atomic E-state index is 11.3. The summed E-state index contributed by atoms with van der Waals surface area (Å²) in [5.41, 5.74) is -1.56. The van der Waals surface area contributed by atoms with E-state index in [2.05, 4.69) is 25.7 Å². The molecule has 1 aliphatic heterocycles. The zero-order valence-corrected chi connectivity index (χ0v) is 18.5. The molecular weight excluding hydrogens is 347 g/mol. The lowest BCUT2D eigenvalue weighted by Gasteiger charge is -2.37. The van der Waals surface area contributed by atoms with Crippen molar-refractivity contribution in [3.8, 4) is 11.8 Å². The van der Waals surface area contributed by atoms with Gasteiger partial charge in [-0.2, -0.15) is 0 Å². The molecular formula is C24H35BO3. The van der Waals surface area contributed by atoms with Crippen LogP contribution < -0.4 is 0 Å². The summed E-state index contributed by atoms with van der Waals surface area (Å²) >= 11 is 0. The Kier molecular flexibility index (Phi) is 6.87. The molecule has 0 aromatic heterocycles. The zero-order valence-electron chi connectivity index (χ0n) is 18.5.